The van der Waals surface area contributed by atoms with Gasteiger partial charge < -0.3 is 5.11 Å². The van der Waals surface area contributed by atoms with E-state index in [2.05, 4.69) is 0 Å². The van der Waals surface area contributed by atoms with Gasteiger partial charge in [0.2, 0.25) is 0 Å². The number of rotatable bonds is 1. The van der Waals surface area contributed by atoms with Crippen LogP contribution in [0.1, 0.15) is 6.42 Å². The van der Waals surface area contributed by atoms with Crippen molar-refractivity contribution in [3.8, 4) is 0 Å². The summed E-state index contributed by atoms with van der Waals surface area (Å²) in [5, 5.41) is 8.55. The first-order chi connectivity index (χ1) is 5.52. The number of hydrogen-bond donors (Lipinski definition) is 1. The normalized spacial score (nSPS) is 23.8. The maximum absolute atomic E-state index is 10.9. The average molecular weight is 189 g/mol. The van der Waals surface area contributed by atoms with Crippen molar-refractivity contribution >= 4 is 29.1 Å². The number of carbonyl (C=O) groups is 3. The summed E-state index contributed by atoms with van der Waals surface area (Å²) < 4.78 is 0. The van der Waals surface area contributed by atoms with Crippen molar-refractivity contribution in [1.29, 1.82) is 0 Å². The van der Waals surface area contributed by atoms with Crippen LogP contribution in [-0.4, -0.2) is 22.6 Å². The molecule has 0 saturated carbocycles. The van der Waals surface area contributed by atoms with Gasteiger partial charge in [-0.1, -0.05) is 11.6 Å². The molecule has 12 heavy (non-hydrogen) atoms. The van der Waals surface area contributed by atoms with Gasteiger partial charge >= 0.3 is 5.97 Å². The van der Waals surface area contributed by atoms with Crippen molar-refractivity contribution in [2.75, 3.05) is 0 Å². The minimum absolute atomic E-state index is 0.0995. The van der Waals surface area contributed by atoms with Gasteiger partial charge in [-0.05, 0) is 6.08 Å². The number of halogens is 1. The van der Waals surface area contributed by atoms with Gasteiger partial charge in [-0.3, -0.25) is 14.4 Å². The highest BCUT2D eigenvalue weighted by molar-refractivity contribution is 6.36. The second-order valence-electron chi connectivity index (χ2n) is 2.41. The van der Waals surface area contributed by atoms with E-state index in [4.69, 9.17) is 16.7 Å². The van der Waals surface area contributed by atoms with Crippen molar-refractivity contribution < 1.29 is 19.5 Å². The van der Waals surface area contributed by atoms with Gasteiger partial charge in [-0.15, -0.1) is 0 Å². The zero-order valence-electron chi connectivity index (χ0n) is 5.91. The molecule has 1 aliphatic rings. The van der Waals surface area contributed by atoms with Gasteiger partial charge in [0.1, 0.15) is 0 Å². The highest BCUT2D eigenvalue weighted by Crippen LogP contribution is 2.20. The van der Waals surface area contributed by atoms with E-state index in [-0.39, 0.29) is 11.5 Å². The fourth-order valence-corrected chi connectivity index (χ4v) is 1.21. The third-order valence-electron chi connectivity index (χ3n) is 1.50. The lowest BCUT2D eigenvalue weighted by Gasteiger charge is -2.12. The Morgan fingerprint density at radius 1 is 1.58 bits per heavy atom. The lowest BCUT2D eigenvalue weighted by atomic mass is 9.92. The van der Waals surface area contributed by atoms with Gasteiger partial charge in [0, 0.05) is 11.5 Å². The molecule has 0 heterocycles. The standard InChI is InChI=1S/C7H5ClO4/c8-3-1-4(9)6(7(11)12)5(10)2-3/h1,6H,2H2,(H,11,12). The number of Topliss-reactive ketones (excluding diaryl/α,β-unsaturated/α-hetero) is 1. The maximum Gasteiger partial charge on any atom is 0.322 e. The zero-order valence-corrected chi connectivity index (χ0v) is 6.67. The molecule has 0 saturated heterocycles. The van der Waals surface area contributed by atoms with Gasteiger partial charge in [0.15, 0.2) is 17.5 Å². The van der Waals surface area contributed by atoms with Gasteiger partial charge in [-0.25, -0.2) is 0 Å². The fourth-order valence-electron chi connectivity index (χ4n) is 0.975. The molecule has 4 nitrogen and oxygen atoms in total. The number of aliphatic carboxylic acids is 1. The van der Waals surface area contributed by atoms with Crippen LogP contribution in [0.5, 0.6) is 0 Å². The Morgan fingerprint density at radius 3 is 2.58 bits per heavy atom. The first-order valence-electron chi connectivity index (χ1n) is 3.18. The summed E-state index contributed by atoms with van der Waals surface area (Å²) in [6.45, 7) is 0. The van der Waals surface area contributed by atoms with Crippen LogP contribution < -0.4 is 0 Å². The fraction of sp³-hybridized carbons (Fsp3) is 0.286. The molecule has 0 aromatic carbocycles. The largest absolute Gasteiger partial charge is 0.480 e. The summed E-state index contributed by atoms with van der Waals surface area (Å²) in [6, 6.07) is 0. The summed E-state index contributed by atoms with van der Waals surface area (Å²) in [4.78, 5) is 32.2. The first-order valence-corrected chi connectivity index (χ1v) is 3.55. The molecular formula is C7H5ClO4. The second kappa shape index (κ2) is 3.06. The molecule has 0 bridgehead atoms. The maximum atomic E-state index is 10.9. The number of hydrogen-bond acceptors (Lipinski definition) is 3. The molecule has 5 heteroatoms. The van der Waals surface area contributed by atoms with Gasteiger partial charge in [-0.2, -0.15) is 0 Å². The van der Waals surface area contributed by atoms with E-state index in [1.54, 1.807) is 0 Å². The molecule has 1 rings (SSSR count). The predicted octanol–water partition coefficient (Wildman–Crippen LogP) is 0.352. The number of carboxylic acid groups (broad SMARTS) is 1. The molecular weight excluding hydrogens is 184 g/mol. The highest BCUT2D eigenvalue weighted by atomic mass is 35.5. The quantitative estimate of drug-likeness (QED) is 0.603. The van der Waals surface area contributed by atoms with Crippen LogP contribution in [0.4, 0.5) is 0 Å². The summed E-state index contributed by atoms with van der Waals surface area (Å²) in [5.41, 5.74) is 0. The Balaban J connectivity index is 2.98. The zero-order chi connectivity index (χ0) is 9.30. The Kier molecular flexibility index (Phi) is 2.28. The van der Waals surface area contributed by atoms with E-state index in [1.807, 2.05) is 0 Å². The predicted molar refractivity (Wildman–Crippen MR) is 39.7 cm³/mol. The molecule has 0 aliphatic heterocycles. The average Bonchev–Trinajstić information content (AvgIpc) is 1.82. The van der Waals surface area contributed by atoms with Crippen LogP contribution in [0.3, 0.4) is 0 Å². The Morgan fingerprint density at radius 2 is 2.17 bits per heavy atom. The highest BCUT2D eigenvalue weighted by Gasteiger charge is 2.35. The van der Waals surface area contributed by atoms with E-state index in [0.717, 1.165) is 6.08 Å². The van der Waals surface area contributed by atoms with Crippen LogP contribution in [-0.2, 0) is 14.4 Å². The first kappa shape index (κ1) is 8.93. The minimum atomic E-state index is -1.55. The van der Waals surface area contributed by atoms with Gasteiger partial charge in [0.25, 0.3) is 0 Å². The van der Waals surface area contributed by atoms with Crippen molar-refractivity contribution in [3.05, 3.63) is 11.1 Å². The Labute approximate surface area is 72.8 Å². The molecule has 64 valence electrons. The minimum Gasteiger partial charge on any atom is -0.480 e. The van der Waals surface area contributed by atoms with E-state index < -0.39 is 23.5 Å². The lowest BCUT2D eigenvalue weighted by Crippen LogP contribution is -2.33. The summed E-state index contributed by atoms with van der Waals surface area (Å²) in [5.74, 6) is -4.36. The third kappa shape index (κ3) is 1.53. The molecule has 1 atom stereocenters. The Hall–Kier alpha value is -1.16. The van der Waals surface area contributed by atoms with Crippen LogP contribution in [0.15, 0.2) is 11.1 Å². The molecule has 0 aromatic rings. The second-order valence-corrected chi connectivity index (χ2v) is 2.89. The smallest absolute Gasteiger partial charge is 0.322 e. The van der Waals surface area contributed by atoms with E-state index in [9.17, 15) is 14.4 Å². The van der Waals surface area contributed by atoms with Crippen LogP contribution >= 0.6 is 11.6 Å². The van der Waals surface area contributed by atoms with Crippen LogP contribution in [0, 0.1) is 5.92 Å². The molecule has 0 aromatic heterocycles. The molecule has 0 amide bonds. The summed E-state index contributed by atoms with van der Waals surface area (Å²) >= 11 is 5.40. The van der Waals surface area contributed by atoms with Crippen LogP contribution in [0.25, 0.3) is 0 Å². The SMILES string of the molecule is O=C(O)C1C(=O)C=C(Cl)CC1=O. The van der Waals surface area contributed by atoms with Crippen molar-refractivity contribution in [1.82, 2.24) is 0 Å². The van der Waals surface area contributed by atoms with Crippen molar-refractivity contribution in [2.24, 2.45) is 5.92 Å². The molecule has 1 aliphatic carbocycles. The summed E-state index contributed by atoms with van der Waals surface area (Å²) in [7, 11) is 0. The molecule has 1 unspecified atom stereocenters. The van der Waals surface area contributed by atoms with E-state index >= 15 is 0 Å². The summed E-state index contributed by atoms with van der Waals surface area (Å²) in [6.07, 6.45) is 0.825. The topological polar surface area (TPSA) is 71.4 Å². The molecule has 0 radical (unpaired) electrons. The molecule has 1 N–H and O–H groups in total. The molecule has 0 spiro atoms. The number of ketones is 2. The monoisotopic (exact) mass is 188 g/mol. The van der Waals surface area contributed by atoms with Crippen LogP contribution in [0.2, 0.25) is 0 Å². The lowest BCUT2D eigenvalue weighted by molar-refractivity contribution is -0.149. The van der Waals surface area contributed by atoms with E-state index in [0.29, 0.717) is 0 Å². The molecule has 0 fully saturated rings. The number of carboxylic acids is 1. The van der Waals surface area contributed by atoms with E-state index in [1.165, 1.54) is 0 Å². The third-order valence-corrected chi connectivity index (χ3v) is 1.74. The van der Waals surface area contributed by atoms with Gasteiger partial charge in [0.05, 0.1) is 0 Å². The number of carbonyl (C=O) groups excluding carboxylic acids is 2. The van der Waals surface area contributed by atoms with Crippen molar-refractivity contribution in [2.45, 2.75) is 6.42 Å². The Bertz CT molecular complexity index is 292. The number of allylic oxidation sites excluding steroid dienone is 2. The van der Waals surface area contributed by atoms with Crippen molar-refractivity contribution in [3.63, 3.8) is 0 Å².